The minimum atomic E-state index is -0.369. The molecule has 0 saturated carbocycles. The van der Waals surface area contributed by atoms with Gasteiger partial charge < -0.3 is 24.1 Å². The maximum atomic E-state index is 13.3. The summed E-state index contributed by atoms with van der Waals surface area (Å²) in [5.74, 6) is 2.59. The van der Waals surface area contributed by atoms with Gasteiger partial charge in [-0.1, -0.05) is 32.0 Å². The number of ether oxygens (including phenoxy) is 2. The van der Waals surface area contributed by atoms with Crippen molar-refractivity contribution in [3.63, 3.8) is 0 Å². The molecule has 1 aliphatic heterocycles. The normalized spacial score (nSPS) is 15.5. The van der Waals surface area contributed by atoms with Gasteiger partial charge in [-0.05, 0) is 54.3 Å². The Hall–Kier alpha value is -3.41. The number of nitrogens with one attached hydrogen (secondary N) is 1. The molecule has 1 aliphatic rings. The Bertz CT molecular complexity index is 1030. The van der Waals surface area contributed by atoms with Gasteiger partial charge in [0.15, 0.2) is 11.5 Å². The van der Waals surface area contributed by atoms with Crippen molar-refractivity contribution in [2.24, 2.45) is 5.92 Å². The van der Waals surface area contributed by atoms with Gasteiger partial charge in [0, 0.05) is 5.69 Å². The molecule has 0 bridgehead atoms. The summed E-state index contributed by atoms with van der Waals surface area (Å²) in [5, 5.41) is 3.50. The predicted octanol–water partition coefficient (Wildman–Crippen LogP) is 5.48. The Balaban J connectivity index is 1.65. The van der Waals surface area contributed by atoms with Crippen LogP contribution in [0.1, 0.15) is 48.1 Å². The highest BCUT2D eigenvalue weighted by molar-refractivity contribution is 6.01. The second-order valence-electron chi connectivity index (χ2n) is 8.05. The predicted molar refractivity (Wildman–Crippen MR) is 119 cm³/mol. The number of carbonyl (C=O) groups is 1. The van der Waals surface area contributed by atoms with Crippen molar-refractivity contribution >= 4 is 11.6 Å². The third kappa shape index (κ3) is 4.53. The molecule has 2 heterocycles. The molecule has 162 valence electrons. The molecular formula is C25H28N2O4. The van der Waals surface area contributed by atoms with Gasteiger partial charge in [0.2, 0.25) is 0 Å². The number of para-hydroxylation sites is 1. The highest BCUT2D eigenvalue weighted by atomic mass is 16.5. The van der Waals surface area contributed by atoms with E-state index in [0.29, 0.717) is 36.1 Å². The molecule has 0 aliphatic carbocycles. The van der Waals surface area contributed by atoms with Gasteiger partial charge in [-0.2, -0.15) is 0 Å². The van der Waals surface area contributed by atoms with Gasteiger partial charge in [-0.25, -0.2) is 0 Å². The summed E-state index contributed by atoms with van der Waals surface area (Å²) in [4.78, 5) is 15.1. The zero-order valence-electron chi connectivity index (χ0n) is 18.1. The number of hydrogen-bond donors (Lipinski definition) is 1. The van der Waals surface area contributed by atoms with Crippen molar-refractivity contribution < 1.29 is 18.7 Å². The molecular weight excluding hydrogens is 392 g/mol. The summed E-state index contributed by atoms with van der Waals surface area (Å²) < 4.78 is 17.0. The first-order valence-corrected chi connectivity index (χ1v) is 10.6. The van der Waals surface area contributed by atoms with Crippen molar-refractivity contribution in [3.8, 4) is 11.5 Å². The van der Waals surface area contributed by atoms with E-state index in [1.807, 2.05) is 54.6 Å². The van der Waals surface area contributed by atoms with Crippen molar-refractivity contribution in [1.29, 1.82) is 0 Å². The van der Waals surface area contributed by atoms with E-state index in [9.17, 15) is 4.79 Å². The lowest BCUT2D eigenvalue weighted by Gasteiger charge is -2.37. The number of fused-ring (bicyclic) bond motifs is 1. The average Bonchev–Trinajstić information content (AvgIpc) is 3.29. The van der Waals surface area contributed by atoms with Gasteiger partial charge in [0.1, 0.15) is 11.9 Å². The van der Waals surface area contributed by atoms with Crippen LogP contribution in [0.25, 0.3) is 0 Å². The van der Waals surface area contributed by atoms with E-state index in [1.54, 1.807) is 18.3 Å². The first kappa shape index (κ1) is 20.8. The van der Waals surface area contributed by atoms with Crippen molar-refractivity contribution in [2.45, 2.75) is 33.0 Å². The van der Waals surface area contributed by atoms with Crippen molar-refractivity contribution in [1.82, 2.24) is 4.90 Å². The van der Waals surface area contributed by atoms with E-state index in [4.69, 9.17) is 13.9 Å². The molecule has 1 unspecified atom stereocenters. The van der Waals surface area contributed by atoms with Crippen LogP contribution in [-0.4, -0.2) is 24.5 Å². The number of methoxy groups -OCH3 is 1. The van der Waals surface area contributed by atoms with Gasteiger partial charge in [-0.15, -0.1) is 0 Å². The molecule has 2 aromatic carbocycles. The lowest BCUT2D eigenvalue weighted by atomic mass is 10.0. The van der Waals surface area contributed by atoms with Crippen LogP contribution in [0.4, 0.5) is 5.69 Å². The van der Waals surface area contributed by atoms with Crippen molar-refractivity contribution in [2.75, 3.05) is 19.0 Å². The summed E-state index contributed by atoms with van der Waals surface area (Å²) in [6.45, 7) is 5.32. The molecule has 1 amide bonds. The minimum absolute atomic E-state index is 0.0491. The van der Waals surface area contributed by atoms with E-state index in [2.05, 4.69) is 19.2 Å². The quantitative estimate of drug-likeness (QED) is 0.523. The molecule has 1 atom stereocenters. The summed E-state index contributed by atoms with van der Waals surface area (Å²) in [6, 6.07) is 17.1. The number of hydrogen-bond acceptors (Lipinski definition) is 5. The topological polar surface area (TPSA) is 63.9 Å². The summed E-state index contributed by atoms with van der Waals surface area (Å²) in [6.07, 6.45) is 2.22. The van der Waals surface area contributed by atoms with E-state index in [1.165, 1.54) is 0 Å². The Labute approximate surface area is 182 Å². The van der Waals surface area contributed by atoms with Crippen LogP contribution in [0.5, 0.6) is 11.5 Å². The molecule has 6 nitrogen and oxygen atoms in total. The maximum absolute atomic E-state index is 13.3. The minimum Gasteiger partial charge on any atom is -0.493 e. The molecule has 1 N–H and O–H groups in total. The Morgan fingerprint density at radius 2 is 1.94 bits per heavy atom. The van der Waals surface area contributed by atoms with E-state index in [0.717, 1.165) is 23.4 Å². The SMILES string of the molecule is COc1cc(C2Nc3ccccc3C(=O)N2Cc2ccco2)ccc1OCCC(C)C. The molecule has 3 aromatic rings. The fourth-order valence-corrected chi connectivity index (χ4v) is 3.67. The summed E-state index contributed by atoms with van der Waals surface area (Å²) in [5.41, 5.74) is 2.36. The first-order chi connectivity index (χ1) is 15.1. The van der Waals surface area contributed by atoms with E-state index < -0.39 is 0 Å². The van der Waals surface area contributed by atoms with Gasteiger partial charge >= 0.3 is 0 Å². The largest absolute Gasteiger partial charge is 0.493 e. The van der Waals surface area contributed by atoms with Crippen LogP contribution >= 0.6 is 0 Å². The van der Waals surface area contributed by atoms with Crippen LogP contribution in [0.3, 0.4) is 0 Å². The van der Waals surface area contributed by atoms with E-state index in [-0.39, 0.29) is 12.1 Å². The molecule has 4 rings (SSSR count). The smallest absolute Gasteiger partial charge is 0.258 e. The molecule has 0 radical (unpaired) electrons. The third-order valence-electron chi connectivity index (χ3n) is 5.38. The fraction of sp³-hybridized carbons (Fsp3) is 0.320. The molecule has 31 heavy (non-hydrogen) atoms. The molecule has 1 aromatic heterocycles. The second kappa shape index (κ2) is 9.16. The molecule has 0 spiro atoms. The standard InChI is InChI=1S/C25H28N2O4/c1-17(2)12-14-31-22-11-10-18(15-23(22)29-3)24-26-21-9-5-4-8-20(21)25(28)27(24)16-19-7-6-13-30-19/h4-11,13,15,17,24,26H,12,14,16H2,1-3H3. The summed E-state index contributed by atoms with van der Waals surface area (Å²) >= 11 is 0. The zero-order chi connectivity index (χ0) is 21.8. The van der Waals surface area contributed by atoms with Gasteiger partial charge in [0.25, 0.3) is 5.91 Å². The summed E-state index contributed by atoms with van der Waals surface area (Å²) in [7, 11) is 1.63. The van der Waals surface area contributed by atoms with Crippen LogP contribution in [-0.2, 0) is 6.54 Å². The van der Waals surface area contributed by atoms with Gasteiger partial charge in [0.05, 0.1) is 32.1 Å². The van der Waals surface area contributed by atoms with Crippen LogP contribution in [0.2, 0.25) is 0 Å². The molecule has 6 heteroatoms. The molecule has 0 fully saturated rings. The Kier molecular flexibility index (Phi) is 6.16. The lowest BCUT2D eigenvalue weighted by molar-refractivity contribution is 0.0651. The highest BCUT2D eigenvalue weighted by Crippen LogP contribution is 2.37. The van der Waals surface area contributed by atoms with Crippen LogP contribution < -0.4 is 14.8 Å². The second-order valence-corrected chi connectivity index (χ2v) is 8.05. The average molecular weight is 421 g/mol. The third-order valence-corrected chi connectivity index (χ3v) is 5.38. The monoisotopic (exact) mass is 420 g/mol. The van der Waals surface area contributed by atoms with Gasteiger partial charge in [-0.3, -0.25) is 4.79 Å². The lowest BCUT2D eigenvalue weighted by Crippen LogP contribution is -2.42. The maximum Gasteiger partial charge on any atom is 0.258 e. The van der Waals surface area contributed by atoms with Crippen LogP contribution in [0, 0.1) is 5.92 Å². The number of benzene rings is 2. The molecule has 0 saturated heterocycles. The number of furan rings is 1. The Morgan fingerprint density at radius 3 is 2.68 bits per heavy atom. The highest BCUT2D eigenvalue weighted by Gasteiger charge is 2.33. The Morgan fingerprint density at radius 1 is 1.10 bits per heavy atom. The van der Waals surface area contributed by atoms with E-state index >= 15 is 0 Å². The fourth-order valence-electron chi connectivity index (χ4n) is 3.67. The number of rotatable bonds is 8. The zero-order valence-corrected chi connectivity index (χ0v) is 18.1. The van der Waals surface area contributed by atoms with Crippen molar-refractivity contribution in [3.05, 3.63) is 77.7 Å². The number of anilines is 1. The van der Waals surface area contributed by atoms with Crippen LogP contribution in [0.15, 0.2) is 65.3 Å². The number of carbonyl (C=O) groups excluding carboxylic acids is 1. The number of amides is 1. The first-order valence-electron chi connectivity index (χ1n) is 10.6. The number of nitrogens with zero attached hydrogens (tertiary/aromatic N) is 1.